The van der Waals surface area contributed by atoms with Gasteiger partial charge in [0.1, 0.15) is 19.3 Å². The predicted molar refractivity (Wildman–Crippen MR) is 85.4 cm³/mol. The Morgan fingerprint density at radius 1 is 1.36 bits per heavy atom. The van der Waals surface area contributed by atoms with Gasteiger partial charge in [0.05, 0.1) is 11.0 Å². The van der Waals surface area contributed by atoms with Crippen molar-refractivity contribution in [1.29, 1.82) is 0 Å². The third-order valence-corrected chi connectivity index (χ3v) is 5.05. The minimum absolute atomic E-state index is 0.0534. The number of aliphatic carboxylic acids is 1. The van der Waals surface area contributed by atoms with Crippen LogP contribution in [-0.4, -0.2) is 43.7 Å². The number of hydrogen-bond donors (Lipinski definition) is 2. The fraction of sp³-hybridized carbons (Fsp3) is 0.500. The zero-order valence-corrected chi connectivity index (χ0v) is 14.2. The molecule has 2 rings (SSSR count). The second-order valence-corrected chi connectivity index (χ2v) is 7.06. The number of fused-ring (bicyclic) bond motifs is 1. The van der Waals surface area contributed by atoms with Gasteiger partial charge in [0.2, 0.25) is 10.0 Å². The number of hydrogen-bond acceptors (Lipinski definition) is 7. The number of nitrogens with zero attached hydrogens (tertiary/aromatic N) is 1. The van der Waals surface area contributed by atoms with Crippen molar-refractivity contribution in [1.82, 2.24) is 4.72 Å². The maximum Gasteiger partial charge on any atom is 0.321 e. The molecule has 10 nitrogen and oxygen atoms in total. The maximum absolute atomic E-state index is 12.5. The number of nitro benzene ring substituents is 1. The van der Waals surface area contributed by atoms with Crippen LogP contribution >= 0.6 is 0 Å². The molecule has 138 valence electrons. The lowest BCUT2D eigenvalue weighted by Crippen LogP contribution is -2.40. The van der Waals surface area contributed by atoms with E-state index < -0.39 is 37.5 Å². The molecule has 2 N–H and O–H groups in total. The van der Waals surface area contributed by atoms with E-state index in [4.69, 9.17) is 9.47 Å². The molecule has 25 heavy (non-hydrogen) atoms. The smallest absolute Gasteiger partial charge is 0.321 e. The van der Waals surface area contributed by atoms with E-state index in [0.717, 1.165) is 12.1 Å². The fourth-order valence-electron chi connectivity index (χ4n) is 2.31. The molecular formula is C14H18N2O8S. The van der Waals surface area contributed by atoms with Crippen molar-refractivity contribution in [2.45, 2.75) is 37.1 Å². The van der Waals surface area contributed by atoms with E-state index in [9.17, 15) is 28.4 Å². The first kappa shape index (κ1) is 18.9. The SMILES string of the molecule is CCCCC(NS(=O)(=O)c1cc2c(cc1[N+](=O)[O-])OCCO2)C(=O)O. The number of sulfonamides is 1. The lowest BCUT2D eigenvalue weighted by atomic mass is 10.1. The molecule has 1 aliphatic heterocycles. The van der Waals surface area contributed by atoms with Crippen LogP contribution in [0.25, 0.3) is 0 Å². The van der Waals surface area contributed by atoms with Crippen molar-refractivity contribution in [3.8, 4) is 11.5 Å². The summed E-state index contributed by atoms with van der Waals surface area (Å²) in [4.78, 5) is 21.0. The lowest BCUT2D eigenvalue weighted by Gasteiger charge is -2.20. The Hall–Kier alpha value is -2.40. The van der Waals surface area contributed by atoms with Crippen LogP contribution in [0, 0.1) is 10.1 Å². The summed E-state index contributed by atoms with van der Waals surface area (Å²) in [5, 5.41) is 20.4. The monoisotopic (exact) mass is 374 g/mol. The molecule has 0 bridgehead atoms. The van der Waals surface area contributed by atoms with Crippen LogP contribution in [0.3, 0.4) is 0 Å². The van der Waals surface area contributed by atoms with E-state index in [2.05, 4.69) is 0 Å². The van der Waals surface area contributed by atoms with E-state index in [0.29, 0.717) is 12.8 Å². The van der Waals surface area contributed by atoms with E-state index in [-0.39, 0.29) is 31.1 Å². The van der Waals surface area contributed by atoms with Crippen molar-refractivity contribution in [3.05, 3.63) is 22.2 Å². The third kappa shape index (κ3) is 4.37. The molecule has 1 aliphatic rings. The molecule has 1 heterocycles. The van der Waals surface area contributed by atoms with Crippen LogP contribution in [0.4, 0.5) is 5.69 Å². The van der Waals surface area contributed by atoms with Crippen LogP contribution < -0.4 is 14.2 Å². The van der Waals surface area contributed by atoms with E-state index in [1.54, 1.807) is 0 Å². The molecule has 1 aromatic carbocycles. The standard InChI is InChI=1S/C14H18N2O8S/c1-2-3-4-9(14(17)18)15-25(21,22)13-8-12-11(23-5-6-24-12)7-10(13)16(19)20/h7-9,15H,2-6H2,1H3,(H,17,18). The highest BCUT2D eigenvalue weighted by Crippen LogP contribution is 2.38. The van der Waals surface area contributed by atoms with Crippen LogP contribution in [0.1, 0.15) is 26.2 Å². The Labute approximate surface area is 143 Å². The summed E-state index contributed by atoms with van der Waals surface area (Å²) in [6, 6.07) is 0.566. The lowest BCUT2D eigenvalue weighted by molar-refractivity contribution is -0.388. The van der Waals surface area contributed by atoms with Crippen LogP contribution in [0.2, 0.25) is 0 Å². The summed E-state index contributed by atoms with van der Waals surface area (Å²) < 4.78 is 37.6. The average Bonchev–Trinajstić information content (AvgIpc) is 2.57. The van der Waals surface area contributed by atoms with Gasteiger partial charge in [-0.1, -0.05) is 19.8 Å². The number of carbonyl (C=O) groups is 1. The molecule has 0 spiro atoms. The quantitative estimate of drug-likeness (QED) is 0.511. The minimum Gasteiger partial charge on any atom is -0.486 e. The van der Waals surface area contributed by atoms with Gasteiger partial charge in [-0.05, 0) is 6.42 Å². The molecule has 1 aromatic rings. The predicted octanol–water partition coefficient (Wildman–Crippen LogP) is 1.29. The number of rotatable bonds is 8. The minimum atomic E-state index is -4.45. The zero-order chi connectivity index (χ0) is 18.6. The van der Waals surface area contributed by atoms with E-state index in [1.165, 1.54) is 0 Å². The summed E-state index contributed by atoms with van der Waals surface area (Å²) in [6.45, 7) is 2.19. The number of carboxylic acids is 1. The largest absolute Gasteiger partial charge is 0.486 e. The zero-order valence-electron chi connectivity index (χ0n) is 13.4. The number of nitrogens with one attached hydrogen (secondary N) is 1. The fourth-order valence-corrected chi connectivity index (χ4v) is 3.70. The highest BCUT2D eigenvalue weighted by atomic mass is 32.2. The topological polar surface area (TPSA) is 145 Å². The third-order valence-electron chi connectivity index (χ3n) is 3.55. The van der Waals surface area contributed by atoms with Crippen molar-refractivity contribution >= 4 is 21.7 Å². The molecule has 0 radical (unpaired) electrons. The first-order chi connectivity index (χ1) is 11.8. The Kier molecular flexibility index (Phi) is 5.80. The summed E-state index contributed by atoms with van der Waals surface area (Å²) in [7, 11) is -4.45. The molecule has 0 aliphatic carbocycles. The maximum atomic E-state index is 12.5. The summed E-state index contributed by atoms with van der Waals surface area (Å²) in [5.74, 6) is -1.23. The Morgan fingerprint density at radius 3 is 2.48 bits per heavy atom. The number of benzene rings is 1. The number of unbranched alkanes of at least 4 members (excludes halogenated alkanes) is 1. The molecule has 0 saturated carbocycles. The average molecular weight is 374 g/mol. The van der Waals surface area contributed by atoms with Gasteiger partial charge in [-0.2, -0.15) is 4.72 Å². The Balaban J connectivity index is 2.43. The molecular weight excluding hydrogens is 356 g/mol. The molecule has 0 fully saturated rings. The van der Waals surface area contributed by atoms with Crippen molar-refractivity contribution in [2.75, 3.05) is 13.2 Å². The van der Waals surface area contributed by atoms with E-state index in [1.807, 2.05) is 11.6 Å². The first-order valence-electron chi connectivity index (χ1n) is 7.59. The number of nitro groups is 1. The van der Waals surface area contributed by atoms with Gasteiger partial charge in [-0.3, -0.25) is 14.9 Å². The van der Waals surface area contributed by atoms with Gasteiger partial charge in [0.25, 0.3) is 5.69 Å². The number of carboxylic acid groups (broad SMARTS) is 1. The summed E-state index contributed by atoms with van der Waals surface area (Å²) in [6.07, 6.45) is 1.24. The van der Waals surface area contributed by atoms with Crippen LogP contribution in [0.15, 0.2) is 17.0 Å². The van der Waals surface area contributed by atoms with Gasteiger partial charge in [0.15, 0.2) is 16.4 Å². The van der Waals surface area contributed by atoms with Gasteiger partial charge < -0.3 is 14.6 Å². The Morgan fingerprint density at radius 2 is 1.96 bits per heavy atom. The van der Waals surface area contributed by atoms with Crippen molar-refractivity contribution in [2.24, 2.45) is 0 Å². The Bertz CT molecular complexity index is 777. The summed E-state index contributed by atoms with van der Waals surface area (Å²) >= 11 is 0. The number of ether oxygens (including phenoxy) is 2. The molecule has 11 heteroatoms. The first-order valence-corrected chi connectivity index (χ1v) is 9.07. The van der Waals surface area contributed by atoms with Crippen molar-refractivity contribution < 1.29 is 32.7 Å². The van der Waals surface area contributed by atoms with Gasteiger partial charge >= 0.3 is 5.97 Å². The second-order valence-electron chi connectivity index (χ2n) is 5.38. The molecule has 0 aromatic heterocycles. The second kappa shape index (κ2) is 7.66. The molecule has 0 saturated heterocycles. The molecule has 1 atom stereocenters. The molecule has 1 unspecified atom stereocenters. The van der Waals surface area contributed by atoms with Gasteiger partial charge in [-0.25, -0.2) is 8.42 Å². The van der Waals surface area contributed by atoms with Gasteiger partial charge in [0, 0.05) is 6.07 Å². The normalized spacial score (nSPS) is 14.8. The highest BCUT2D eigenvalue weighted by molar-refractivity contribution is 7.89. The highest BCUT2D eigenvalue weighted by Gasteiger charge is 2.33. The molecule has 0 amide bonds. The summed E-state index contributed by atoms with van der Waals surface area (Å²) in [5.41, 5.74) is -0.712. The van der Waals surface area contributed by atoms with Crippen LogP contribution in [0.5, 0.6) is 11.5 Å². The van der Waals surface area contributed by atoms with E-state index >= 15 is 0 Å². The van der Waals surface area contributed by atoms with Crippen molar-refractivity contribution in [3.63, 3.8) is 0 Å². The van der Waals surface area contributed by atoms with Crippen LogP contribution in [-0.2, 0) is 14.8 Å². The van der Waals surface area contributed by atoms with Gasteiger partial charge in [-0.15, -0.1) is 0 Å².